The Bertz CT molecular complexity index is 690. The summed E-state index contributed by atoms with van der Waals surface area (Å²) in [5.74, 6) is 0.919. The average Bonchev–Trinajstić information content (AvgIpc) is 3.06. The molecule has 0 bridgehead atoms. The third kappa shape index (κ3) is 6.05. The standard InChI is InChI=1S/C22H33N3O4/c1-4-6-7-14-23-25-21(27)22(13-5-2)17(3)29-20(24-22)18-9-11-19(12-10-18)28-16-8-15-26/h5,9-12,17,23,26H,2,4,6-8,13-16H2,1,3H3,(H,25,27)/t17-,22-/m0/s1. The molecular formula is C22H33N3O4. The molecule has 3 N–H and O–H groups in total. The van der Waals surface area contributed by atoms with Gasteiger partial charge in [-0.2, -0.15) is 0 Å². The van der Waals surface area contributed by atoms with E-state index in [4.69, 9.17) is 14.6 Å². The molecule has 1 aromatic carbocycles. The fourth-order valence-corrected chi connectivity index (χ4v) is 3.12. The van der Waals surface area contributed by atoms with Crippen molar-refractivity contribution in [3.63, 3.8) is 0 Å². The maximum Gasteiger partial charge on any atom is 0.266 e. The van der Waals surface area contributed by atoms with Gasteiger partial charge < -0.3 is 14.6 Å². The van der Waals surface area contributed by atoms with Gasteiger partial charge in [-0.15, -0.1) is 6.58 Å². The highest BCUT2D eigenvalue weighted by molar-refractivity contribution is 6.00. The van der Waals surface area contributed by atoms with Gasteiger partial charge in [-0.25, -0.2) is 10.4 Å². The number of nitrogens with one attached hydrogen (secondary N) is 2. The van der Waals surface area contributed by atoms with Gasteiger partial charge in [0.15, 0.2) is 5.54 Å². The van der Waals surface area contributed by atoms with Crippen LogP contribution in [0.3, 0.4) is 0 Å². The van der Waals surface area contributed by atoms with Crippen molar-refractivity contribution < 1.29 is 19.4 Å². The Labute approximate surface area is 173 Å². The Hall–Kier alpha value is -2.38. The summed E-state index contributed by atoms with van der Waals surface area (Å²) in [6, 6.07) is 7.35. The summed E-state index contributed by atoms with van der Waals surface area (Å²) in [6.07, 6.45) is 5.47. The SMILES string of the molecule is C=CC[C@]1(C(=O)NNCCCCC)N=C(c2ccc(OCCCO)cc2)O[C@H]1C. The topological polar surface area (TPSA) is 92.2 Å². The molecule has 0 spiro atoms. The minimum atomic E-state index is -1.05. The molecule has 0 fully saturated rings. The van der Waals surface area contributed by atoms with E-state index >= 15 is 0 Å². The summed E-state index contributed by atoms with van der Waals surface area (Å²) < 4.78 is 11.5. The van der Waals surface area contributed by atoms with E-state index in [1.807, 2.05) is 31.2 Å². The van der Waals surface area contributed by atoms with E-state index in [0.29, 0.717) is 37.6 Å². The molecule has 1 aliphatic rings. The molecule has 2 atom stereocenters. The molecule has 7 heteroatoms. The first-order chi connectivity index (χ1) is 14.1. The summed E-state index contributed by atoms with van der Waals surface area (Å²) in [6.45, 7) is 9.05. The Morgan fingerprint density at radius 3 is 2.76 bits per heavy atom. The number of carbonyl (C=O) groups is 1. The molecule has 2 rings (SSSR count). The lowest BCUT2D eigenvalue weighted by Gasteiger charge is -2.26. The van der Waals surface area contributed by atoms with Crippen LogP contribution in [0.25, 0.3) is 0 Å². The molecule has 1 aliphatic heterocycles. The maximum atomic E-state index is 12.9. The number of carbonyl (C=O) groups excluding carboxylic acids is 1. The maximum absolute atomic E-state index is 12.9. The molecule has 0 saturated heterocycles. The Morgan fingerprint density at radius 1 is 1.34 bits per heavy atom. The number of nitrogens with zero attached hydrogens (tertiary/aromatic N) is 1. The van der Waals surface area contributed by atoms with E-state index in [1.54, 1.807) is 6.08 Å². The number of hydrogen-bond acceptors (Lipinski definition) is 6. The van der Waals surface area contributed by atoms with Crippen LogP contribution in [0.4, 0.5) is 0 Å². The summed E-state index contributed by atoms with van der Waals surface area (Å²) >= 11 is 0. The summed E-state index contributed by atoms with van der Waals surface area (Å²) in [7, 11) is 0. The molecule has 0 radical (unpaired) electrons. The zero-order valence-electron chi connectivity index (χ0n) is 17.4. The van der Waals surface area contributed by atoms with Crippen LogP contribution in [0, 0.1) is 0 Å². The van der Waals surface area contributed by atoms with E-state index < -0.39 is 11.6 Å². The van der Waals surface area contributed by atoms with E-state index in [0.717, 1.165) is 24.8 Å². The number of aliphatic hydroxyl groups is 1. The monoisotopic (exact) mass is 403 g/mol. The molecular weight excluding hydrogens is 370 g/mol. The number of rotatable bonds is 13. The van der Waals surface area contributed by atoms with E-state index in [2.05, 4.69) is 29.3 Å². The summed E-state index contributed by atoms with van der Waals surface area (Å²) in [5.41, 5.74) is 5.51. The molecule has 7 nitrogen and oxygen atoms in total. The van der Waals surface area contributed by atoms with Crippen molar-refractivity contribution in [1.82, 2.24) is 10.9 Å². The number of ether oxygens (including phenoxy) is 2. The van der Waals surface area contributed by atoms with Crippen LogP contribution in [0.5, 0.6) is 5.75 Å². The van der Waals surface area contributed by atoms with Crippen LogP contribution in [0.15, 0.2) is 41.9 Å². The van der Waals surface area contributed by atoms with Crippen molar-refractivity contribution in [2.45, 2.75) is 57.6 Å². The molecule has 1 aromatic rings. The molecule has 1 heterocycles. The summed E-state index contributed by atoms with van der Waals surface area (Å²) in [5, 5.41) is 8.83. The van der Waals surface area contributed by atoms with Gasteiger partial charge in [0.1, 0.15) is 11.9 Å². The minimum Gasteiger partial charge on any atom is -0.494 e. The fraction of sp³-hybridized carbons (Fsp3) is 0.545. The van der Waals surface area contributed by atoms with E-state index in [-0.39, 0.29) is 12.5 Å². The van der Waals surface area contributed by atoms with Crippen molar-refractivity contribution in [3.05, 3.63) is 42.5 Å². The summed E-state index contributed by atoms with van der Waals surface area (Å²) in [4.78, 5) is 17.6. The van der Waals surface area contributed by atoms with Gasteiger partial charge in [-0.05, 0) is 37.6 Å². The number of unbranched alkanes of at least 4 members (excludes halogenated alkanes) is 2. The van der Waals surface area contributed by atoms with Gasteiger partial charge in [0, 0.05) is 31.6 Å². The predicted octanol–water partition coefficient (Wildman–Crippen LogP) is 2.74. The lowest BCUT2D eigenvalue weighted by Crippen LogP contribution is -2.54. The second-order valence-electron chi connectivity index (χ2n) is 7.13. The van der Waals surface area contributed by atoms with Gasteiger partial charge in [0.25, 0.3) is 5.91 Å². The van der Waals surface area contributed by atoms with Gasteiger partial charge >= 0.3 is 0 Å². The molecule has 0 aliphatic carbocycles. The van der Waals surface area contributed by atoms with Crippen LogP contribution in [0.1, 0.15) is 51.5 Å². The largest absolute Gasteiger partial charge is 0.494 e. The highest BCUT2D eigenvalue weighted by Crippen LogP contribution is 2.32. The molecule has 160 valence electrons. The zero-order chi connectivity index (χ0) is 21.1. The second kappa shape index (κ2) is 11.6. The van der Waals surface area contributed by atoms with Crippen molar-refractivity contribution in [3.8, 4) is 5.75 Å². The van der Waals surface area contributed by atoms with E-state index in [9.17, 15) is 4.79 Å². The average molecular weight is 404 g/mol. The highest BCUT2D eigenvalue weighted by Gasteiger charge is 2.49. The minimum absolute atomic E-state index is 0.0987. The molecule has 0 aromatic heterocycles. The second-order valence-corrected chi connectivity index (χ2v) is 7.13. The fourth-order valence-electron chi connectivity index (χ4n) is 3.12. The Balaban J connectivity index is 2.09. The molecule has 0 unspecified atom stereocenters. The number of hydrazine groups is 1. The highest BCUT2D eigenvalue weighted by atomic mass is 16.5. The third-order valence-corrected chi connectivity index (χ3v) is 4.89. The third-order valence-electron chi connectivity index (χ3n) is 4.89. The lowest BCUT2D eigenvalue weighted by molar-refractivity contribution is -0.129. The lowest BCUT2D eigenvalue weighted by atomic mass is 9.90. The van der Waals surface area contributed by atoms with Gasteiger partial charge in [0.05, 0.1) is 6.61 Å². The van der Waals surface area contributed by atoms with Gasteiger partial charge in [0.2, 0.25) is 5.90 Å². The van der Waals surface area contributed by atoms with Crippen molar-refractivity contribution in [2.75, 3.05) is 19.8 Å². The van der Waals surface area contributed by atoms with Crippen molar-refractivity contribution >= 4 is 11.8 Å². The van der Waals surface area contributed by atoms with Crippen molar-refractivity contribution in [1.29, 1.82) is 0 Å². The van der Waals surface area contributed by atoms with Gasteiger partial charge in [-0.1, -0.05) is 25.8 Å². The number of benzene rings is 1. The first-order valence-electron chi connectivity index (χ1n) is 10.3. The Morgan fingerprint density at radius 2 is 2.10 bits per heavy atom. The van der Waals surface area contributed by atoms with Gasteiger partial charge in [-0.3, -0.25) is 10.2 Å². The van der Waals surface area contributed by atoms with Crippen LogP contribution >= 0.6 is 0 Å². The van der Waals surface area contributed by atoms with Crippen LogP contribution < -0.4 is 15.6 Å². The normalized spacial score (nSPS) is 20.7. The number of amides is 1. The van der Waals surface area contributed by atoms with E-state index in [1.165, 1.54) is 0 Å². The van der Waals surface area contributed by atoms with Crippen LogP contribution in [-0.4, -0.2) is 48.3 Å². The number of aliphatic imine (C=N–C) groups is 1. The molecule has 29 heavy (non-hydrogen) atoms. The molecule has 1 amide bonds. The smallest absolute Gasteiger partial charge is 0.266 e. The molecule has 0 saturated carbocycles. The van der Waals surface area contributed by atoms with Crippen LogP contribution in [0.2, 0.25) is 0 Å². The predicted molar refractivity (Wildman–Crippen MR) is 114 cm³/mol. The number of hydrogen-bond donors (Lipinski definition) is 3. The van der Waals surface area contributed by atoms with Crippen LogP contribution in [-0.2, 0) is 9.53 Å². The van der Waals surface area contributed by atoms with Crippen molar-refractivity contribution in [2.24, 2.45) is 4.99 Å². The zero-order valence-corrected chi connectivity index (χ0v) is 17.4. The first kappa shape index (κ1) is 22.9. The first-order valence-corrected chi connectivity index (χ1v) is 10.3. The quantitative estimate of drug-likeness (QED) is 0.268. The number of aliphatic hydroxyl groups excluding tert-OH is 1. The Kier molecular flexibility index (Phi) is 9.15.